The number of carbonyl (C=O) groups is 11. The molecular formula is C58H76N10O15S. The van der Waals surface area contributed by atoms with Crippen LogP contribution in [-0.2, 0) is 72.0 Å². The maximum Gasteiger partial charge on any atom is 0.326 e. The molecule has 2 heterocycles. The summed E-state index contributed by atoms with van der Waals surface area (Å²) < 4.78 is 0. The summed E-state index contributed by atoms with van der Waals surface area (Å²) in [6, 6.07) is 11.7. The van der Waals surface area contributed by atoms with Crippen LogP contribution in [0.5, 0.6) is 0 Å². The van der Waals surface area contributed by atoms with Crippen LogP contribution < -0.4 is 43.0 Å². The molecule has 1 saturated heterocycles. The second-order valence-electron chi connectivity index (χ2n) is 21.0. The van der Waals surface area contributed by atoms with E-state index in [1.165, 1.54) is 18.7 Å². The Kier molecular flexibility index (Phi) is 25.7. The van der Waals surface area contributed by atoms with Gasteiger partial charge in [0.05, 0.1) is 12.1 Å². The number of nitrogens with one attached hydrogen (secondary N) is 8. The number of thioether (sulfide) groups is 1. The number of nitrogens with two attached hydrogens (primary N) is 1. The fraction of sp³-hybridized carbons (Fsp3) is 0.466. The van der Waals surface area contributed by atoms with E-state index in [9.17, 15) is 73.2 Å². The van der Waals surface area contributed by atoms with Gasteiger partial charge in [0.2, 0.25) is 47.3 Å². The van der Waals surface area contributed by atoms with Gasteiger partial charge in [0.15, 0.2) is 0 Å². The highest BCUT2D eigenvalue weighted by Crippen LogP contribution is 2.22. The van der Waals surface area contributed by atoms with Gasteiger partial charge in [-0.15, -0.1) is 0 Å². The quantitative estimate of drug-likeness (QED) is 0.0309. The number of aliphatic carboxylic acids is 3. The van der Waals surface area contributed by atoms with Gasteiger partial charge in [-0.1, -0.05) is 92.7 Å². The van der Waals surface area contributed by atoms with Crippen molar-refractivity contribution >= 4 is 87.8 Å². The number of amides is 8. The number of likely N-dealkylation sites (tertiary alicyclic amines) is 1. The molecule has 1 aromatic heterocycles. The first-order valence-corrected chi connectivity index (χ1v) is 29.0. The van der Waals surface area contributed by atoms with E-state index in [0.29, 0.717) is 22.0 Å². The minimum Gasteiger partial charge on any atom is -0.481 e. The fourth-order valence-corrected chi connectivity index (χ4v) is 10.1. The summed E-state index contributed by atoms with van der Waals surface area (Å²) in [5.74, 6) is -11.4. The van der Waals surface area contributed by atoms with E-state index >= 15 is 0 Å². The van der Waals surface area contributed by atoms with Crippen LogP contribution in [0.15, 0.2) is 91.1 Å². The SMILES string of the molecule is CSCC[C@H](NC(=O)[C@H](CCC(=O)O)NC(=O)[C@@H]1CCCN1C(=O)[C@H](CCC(=O)O)NC(=O)[C@@H](NC(=O)[C@@H](N)Cc1ccccc1)[C@@H](C)O)C(=O)N[C@@H](Cc1c[nH]c2ccccc12)C(=O)N[C@@H](Cc1ccccc1)C(=O)N[C@H](C(=O)O)C(C)C. The van der Waals surface area contributed by atoms with Gasteiger partial charge in [-0.25, -0.2) is 4.79 Å². The summed E-state index contributed by atoms with van der Waals surface area (Å²) >= 11 is 1.32. The number of fused-ring (bicyclic) bond motifs is 1. The lowest BCUT2D eigenvalue weighted by molar-refractivity contribution is -0.144. The van der Waals surface area contributed by atoms with Crippen LogP contribution in [-0.4, -0.2) is 175 Å². The van der Waals surface area contributed by atoms with Crippen molar-refractivity contribution in [3.05, 3.63) is 108 Å². The van der Waals surface area contributed by atoms with Crippen molar-refractivity contribution in [3.63, 3.8) is 0 Å². The maximum absolute atomic E-state index is 14.6. The largest absolute Gasteiger partial charge is 0.481 e. The Bertz CT molecular complexity index is 2950. The number of para-hydroxylation sites is 1. The summed E-state index contributed by atoms with van der Waals surface area (Å²) in [5.41, 5.74) is 8.77. The van der Waals surface area contributed by atoms with Crippen molar-refractivity contribution in [2.24, 2.45) is 11.7 Å². The predicted octanol–water partition coefficient (Wildman–Crippen LogP) is 0.512. The molecule has 8 amide bonds. The lowest BCUT2D eigenvalue weighted by Gasteiger charge is -2.31. The summed E-state index contributed by atoms with van der Waals surface area (Å²) in [5, 5.41) is 58.6. The second kappa shape index (κ2) is 32.5. The Labute approximate surface area is 489 Å². The fourth-order valence-electron chi connectivity index (χ4n) is 9.60. The molecule has 0 radical (unpaired) electrons. The molecule has 1 aliphatic heterocycles. The van der Waals surface area contributed by atoms with Crippen LogP contribution in [0.25, 0.3) is 10.9 Å². The van der Waals surface area contributed by atoms with Crippen LogP contribution in [0.4, 0.5) is 0 Å². The van der Waals surface area contributed by atoms with Gasteiger partial charge in [0, 0.05) is 49.3 Å². The number of rotatable bonds is 33. The Morgan fingerprint density at radius 1 is 0.595 bits per heavy atom. The number of benzene rings is 3. The summed E-state index contributed by atoms with van der Waals surface area (Å²) in [4.78, 5) is 153. The number of carboxylic acid groups (broad SMARTS) is 3. The molecule has 4 aromatic rings. The molecule has 5 rings (SSSR count). The zero-order valence-corrected chi connectivity index (χ0v) is 48.0. The van der Waals surface area contributed by atoms with E-state index in [4.69, 9.17) is 5.73 Å². The van der Waals surface area contributed by atoms with Gasteiger partial charge < -0.3 is 73.3 Å². The molecule has 3 aromatic carbocycles. The van der Waals surface area contributed by atoms with E-state index in [2.05, 4.69) is 42.2 Å². The van der Waals surface area contributed by atoms with Gasteiger partial charge in [-0.05, 0) is 86.1 Å². The molecule has 0 aliphatic carbocycles. The van der Waals surface area contributed by atoms with E-state index < -0.39 is 157 Å². The number of aromatic nitrogens is 1. The number of H-pyrrole nitrogens is 1. The second-order valence-corrected chi connectivity index (χ2v) is 22.0. The number of carboxylic acids is 3. The molecule has 26 heteroatoms. The standard InChI is InChI=1S/C58H76N10O15S/c1-32(2)48(58(82)83)66-54(78)43(29-35-16-9-6-10-17-35)64-53(77)44(30-36-31-60-39-19-12-11-18-37(36)39)65-52(76)41(25-27-84-4)61-51(75)40(21-23-46(70)71)62-55(79)45-20-13-26-68(45)57(81)42(22-24-47(72)73)63-56(80)49(33(3)69)67-50(74)38(59)28-34-14-7-5-8-15-34/h5-12,14-19,31-33,38,40-45,48-49,60,69H,13,20-30,59H2,1-4H3,(H,61,75)(H,62,79)(H,63,80)(H,64,77)(H,65,76)(H,66,78)(H,67,74)(H,70,71)(H,72,73)(H,82,83)/t33-,38+,40+,41+,42+,43+,44+,45+,48+,49+/m1/s1. The van der Waals surface area contributed by atoms with E-state index in [1.807, 2.05) is 0 Å². The number of aliphatic hydroxyl groups is 1. The van der Waals surface area contributed by atoms with Crippen LogP contribution >= 0.6 is 11.8 Å². The molecule has 14 N–H and O–H groups in total. The number of aromatic amines is 1. The smallest absolute Gasteiger partial charge is 0.326 e. The van der Waals surface area contributed by atoms with Gasteiger partial charge in [-0.3, -0.25) is 47.9 Å². The Balaban J connectivity index is 1.37. The highest BCUT2D eigenvalue weighted by atomic mass is 32.2. The summed E-state index contributed by atoms with van der Waals surface area (Å²) in [7, 11) is 0. The molecule has 25 nitrogen and oxygen atoms in total. The van der Waals surface area contributed by atoms with E-state index in [-0.39, 0.29) is 50.8 Å². The average Bonchev–Trinajstić information content (AvgIpc) is 4.21. The number of hydrogen-bond acceptors (Lipinski definition) is 14. The van der Waals surface area contributed by atoms with Crippen LogP contribution in [0.2, 0.25) is 0 Å². The van der Waals surface area contributed by atoms with Crippen LogP contribution in [0, 0.1) is 5.92 Å². The Morgan fingerprint density at radius 3 is 1.67 bits per heavy atom. The third-order valence-electron chi connectivity index (χ3n) is 14.2. The number of nitrogens with zero attached hydrogens (tertiary/aromatic N) is 1. The Morgan fingerprint density at radius 2 is 1.10 bits per heavy atom. The molecule has 10 atom stereocenters. The van der Waals surface area contributed by atoms with E-state index in [0.717, 1.165) is 10.5 Å². The van der Waals surface area contributed by atoms with Crippen molar-refractivity contribution < 1.29 is 73.2 Å². The first kappa shape index (κ1) is 66.4. The molecule has 0 unspecified atom stereocenters. The van der Waals surface area contributed by atoms with Crippen LogP contribution in [0.1, 0.15) is 82.4 Å². The molecule has 454 valence electrons. The zero-order chi connectivity index (χ0) is 61.6. The lowest BCUT2D eigenvalue weighted by Crippen LogP contribution is -2.61. The van der Waals surface area contributed by atoms with Gasteiger partial charge >= 0.3 is 17.9 Å². The first-order chi connectivity index (χ1) is 40.0. The predicted molar refractivity (Wildman–Crippen MR) is 309 cm³/mol. The monoisotopic (exact) mass is 1180 g/mol. The highest BCUT2D eigenvalue weighted by Gasteiger charge is 2.41. The average molecular weight is 1190 g/mol. The van der Waals surface area contributed by atoms with Crippen molar-refractivity contribution in [1.82, 2.24) is 47.1 Å². The molecule has 0 bridgehead atoms. The van der Waals surface area contributed by atoms with Crippen molar-refractivity contribution in [3.8, 4) is 0 Å². The van der Waals surface area contributed by atoms with Crippen molar-refractivity contribution in [1.29, 1.82) is 0 Å². The molecule has 0 saturated carbocycles. The molecule has 0 spiro atoms. The minimum atomic E-state index is -1.66. The van der Waals surface area contributed by atoms with E-state index in [1.54, 1.807) is 111 Å². The number of aliphatic hydroxyl groups excluding tert-OH is 1. The van der Waals surface area contributed by atoms with Gasteiger partial charge in [-0.2, -0.15) is 11.8 Å². The molecule has 1 fully saturated rings. The highest BCUT2D eigenvalue weighted by molar-refractivity contribution is 7.98. The third-order valence-corrected chi connectivity index (χ3v) is 14.8. The summed E-state index contributed by atoms with van der Waals surface area (Å²) in [6.07, 6.45) is -0.342. The normalized spacial score (nSPS) is 16.3. The molecule has 84 heavy (non-hydrogen) atoms. The number of carbonyl (C=O) groups excluding carboxylic acids is 8. The van der Waals surface area contributed by atoms with Crippen molar-refractivity contribution in [2.75, 3.05) is 18.6 Å². The maximum atomic E-state index is 14.6. The number of hydrogen-bond donors (Lipinski definition) is 13. The molecule has 1 aliphatic rings. The van der Waals surface area contributed by atoms with Crippen molar-refractivity contribution in [2.45, 2.75) is 145 Å². The molecular weight excluding hydrogens is 1110 g/mol. The summed E-state index contributed by atoms with van der Waals surface area (Å²) in [6.45, 7) is 4.36. The van der Waals surface area contributed by atoms with Gasteiger partial charge in [0.25, 0.3) is 0 Å². The lowest BCUT2D eigenvalue weighted by atomic mass is 10.00. The zero-order valence-electron chi connectivity index (χ0n) is 47.2. The van der Waals surface area contributed by atoms with Gasteiger partial charge in [0.1, 0.15) is 48.3 Å². The topological polar surface area (TPSA) is 398 Å². The Hall–Kier alpha value is -8.36. The van der Waals surface area contributed by atoms with Crippen LogP contribution in [0.3, 0.4) is 0 Å². The third kappa shape index (κ3) is 19.9. The first-order valence-electron chi connectivity index (χ1n) is 27.6. The minimum absolute atomic E-state index is 0.0144.